The SMILES string of the molecule is COC(=O)CC(C[N+](C)(C)C)NC(=O)c1ccccc1.[Cl-]. The first-order valence-corrected chi connectivity index (χ1v) is 6.55. The Morgan fingerprint density at radius 3 is 2.24 bits per heavy atom. The normalized spacial score (nSPS) is 12.0. The third-order valence-corrected chi connectivity index (χ3v) is 2.78. The van der Waals surface area contributed by atoms with Crippen molar-refractivity contribution in [2.45, 2.75) is 12.5 Å². The molecule has 1 atom stereocenters. The molecule has 1 amide bonds. The highest BCUT2D eigenvalue weighted by Crippen LogP contribution is 2.04. The quantitative estimate of drug-likeness (QED) is 0.491. The van der Waals surface area contributed by atoms with E-state index in [2.05, 4.69) is 10.1 Å². The summed E-state index contributed by atoms with van der Waals surface area (Å²) in [5.74, 6) is -0.496. The number of carbonyl (C=O) groups excluding carboxylic acids is 2. The van der Waals surface area contributed by atoms with Gasteiger partial charge in [-0.05, 0) is 12.1 Å². The number of amides is 1. The number of carbonyl (C=O) groups is 2. The number of hydrogen-bond acceptors (Lipinski definition) is 3. The second-order valence-corrected chi connectivity index (χ2v) is 5.79. The number of nitrogens with one attached hydrogen (secondary N) is 1. The Morgan fingerprint density at radius 2 is 1.76 bits per heavy atom. The van der Waals surface area contributed by atoms with Gasteiger partial charge in [0.15, 0.2) is 0 Å². The van der Waals surface area contributed by atoms with E-state index < -0.39 is 0 Å². The summed E-state index contributed by atoms with van der Waals surface area (Å²) in [7, 11) is 7.39. The van der Waals surface area contributed by atoms with Crippen LogP contribution in [0.3, 0.4) is 0 Å². The first kappa shape index (κ1) is 19.4. The van der Waals surface area contributed by atoms with E-state index in [0.29, 0.717) is 16.6 Å². The van der Waals surface area contributed by atoms with Gasteiger partial charge in [0.25, 0.3) is 5.91 Å². The number of esters is 1. The van der Waals surface area contributed by atoms with Gasteiger partial charge in [-0.2, -0.15) is 0 Å². The lowest BCUT2D eigenvalue weighted by atomic mass is 10.1. The number of rotatable bonds is 6. The number of hydrogen-bond donors (Lipinski definition) is 1. The largest absolute Gasteiger partial charge is 1.00 e. The van der Waals surface area contributed by atoms with Crippen LogP contribution >= 0.6 is 0 Å². The molecule has 0 saturated heterocycles. The summed E-state index contributed by atoms with van der Waals surface area (Å²) in [6.45, 7) is 0.647. The van der Waals surface area contributed by atoms with Crippen LogP contribution in [0.5, 0.6) is 0 Å². The Morgan fingerprint density at radius 1 is 1.19 bits per heavy atom. The average Bonchev–Trinajstić information content (AvgIpc) is 2.37. The van der Waals surface area contributed by atoms with E-state index >= 15 is 0 Å². The van der Waals surface area contributed by atoms with Crippen molar-refractivity contribution >= 4 is 11.9 Å². The van der Waals surface area contributed by atoms with E-state index in [4.69, 9.17) is 0 Å². The molecule has 1 rings (SSSR count). The predicted octanol–water partition coefficient (Wildman–Crippen LogP) is -1.94. The van der Waals surface area contributed by atoms with E-state index in [1.807, 2.05) is 39.3 Å². The maximum atomic E-state index is 12.1. The van der Waals surface area contributed by atoms with Gasteiger partial charge >= 0.3 is 5.97 Å². The van der Waals surface area contributed by atoms with E-state index in [1.54, 1.807) is 12.1 Å². The fourth-order valence-corrected chi connectivity index (χ4v) is 1.97. The summed E-state index contributed by atoms with van der Waals surface area (Å²) >= 11 is 0. The van der Waals surface area contributed by atoms with Crippen LogP contribution in [0.1, 0.15) is 16.8 Å². The number of ether oxygens (including phenoxy) is 1. The molecule has 0 fully saturated rings. The summed E-state index contributed by atoms with van der Waals surface area (Å²) in [5, 5.41) is 2.90. The Hall–Kier alpha value is -1.59. The van der Waals surface area contributed by atoms with Gasteiger partial charge in [0.2, 0.25) is 0 Å². The van der Waals surface area contributed by atoms with Gasteiger partial charge in [0.1, 0.15) is 0 Å². The van der Waals surface area contributed by atoms with Crippen LogP contribution in [0.4, 0.5) is 0 Å². The minimum Gasteiger partial charge on any atom is -1.00 e. The smallest absolute Gasteiger partial charge is 0.307 e. The van der Waals surface area contributed by atoms with Gasteiger partial charge < -0.3 is 26.9 Å². The molecule has 0 aliphatic carbocycles. The number of quaternary nitrogens is 1. The Bertz CT molecular complexity index is 458. The van der Waals surface area contributed by atoms with Gasteiger partial charge in [0.05, 0.1) is 47.3 Å². The lowest BCUT2D eigenvalue weighted by Crippen LogP contribution is -3.00. The minimum atomic E-state index is -0.322. The molecule has 0 aliphatic heterocycles. The van der Waals surface area contributed by atoms with Crippen LogP contribution in [0.25, 0.3) is 0 Å². The molecule has 0 aliphatic rings. The van der Waals surface area contributed by atoms with Gasteiger partial charge in [-0.1, -0.05) is 18.2 Å². The Balaban J connectivity index is 0.00000400. The van der Waals surface area contributed by atoms with Crippen LogP contribution in [0.15, 0.2) is 30.3 Å². The molecule has 6 heteroatoms. The average molecular weight is 315 g/mol. The Labute approximate surface area is 132 Å². The zero-order valence-corrected chi connectivity index (χ0v) is 13.7. The summed E-state index contributed by atoms with van der Waals surface area (Å²) < 4.78 is 5.33. The predicted molar refractivity (Wildman–Crippen MR) is 77.2 cm³/mol. The molecule has 21 heavy (non-hydrogen) atoms. The van der Waals surface area contributed by atoms with E-state index in [1.165, 1.54) is 7.11 Å². The van der Waals surface area contributed by atoms with Gasteiger partial charge in [0, 0.05) is 5.56 Å². The number of likely N-dealkylation sites (N-methyl/N-ethyl adjacent to an activating group) is 1. The van der Waals surface area contributed by atoms with E-state index in [-0.39, 0.29) is 36.7 Å². The van der Waals surface area contributed by atoms with Crippen molar-refractivity contribution in [2.75, 3.05) is 34.8 Å². The molecule has 0 saturated carbocycles. The lowest BCUT2D eigenvalue weighted by molar-refractivity contribution is -0.871. The van der Waals surface area contributed by atoms with Crippen LogP contribution in [-0.2, 0) is 9.53 Å². The summed E-state index contributed by atoms with van der Waals surface area (Å²) in [5.41, 5.74) is 0.587. The standard InChI is InChI=1S/C15H22N2O3.ClH/c1-17(2,3)11-13(10-14(18)20-4)16-15(19)12-8-6-5-7-9-12;/h5-9,13H,10-11H2,1-4H3;1H. The van der Waals surface area contributed by atoms with Gasteiger partial charge in [-0.25, -0.2) is 0 Å². The fraction of sp³-hybridized carbons (Fsp3) is 0.467. The summed E-state index contributed by atoms with van der Waals surface area (Å²) in [6, 6.07) is 8.71. The summed E-state index contributed by atoms with van der Waals surface area (Å²) in [4.78, 5) is 23.6. The van der Waals surface area contributed by atoms with Crippen molar-refractivity contribution in [2.24, 2.45) is 0 Å². The van der Waals surface area contributed by atoms with Crippen LogP contribution < -0.4 is 17.7 Å². The molecule has 0 heterocycles. The molecule has 1 N–H and O–H groups in total. The molecule has 0 radical (unpaired) electrons. The number of halogens is 1. The molecule has 118 valence electrons. The summed E-state index contributed by atoms with van der Waals surface area (Å²) in [6.07, 6.45) is 0.171. The Kier molecular flexibility index (Phi) is 7.99. The molecular formula is C15H23ClN2O3. The first-order valence-electron chi connectivity index (χ1n) is 6.55. The van der Waals surface area contributed by atoms with Crippen molar-refractivity contribution in [3.05, 3.63) is 35.9 Å². The molecular weight excluding hydrogens is 292 g/mol. The van der Waals surface area contributed by atoms with Crippen molar-refractivity contribution < 1.29 is 31.2 Å². The van der Waals surface area contributed by atoms with Gasteiger partial charge in [-0.3, -0.25) is 9.59 Å². The molecule has 0 spiro atoms. The van der Waals surface area contributed by atoms with E-state index in [0.717, 1.165) is 0 Å². The maximum Gasteiger partial charge on any atom is 0.307 e. The van der Waals surface area contributed by atoms with Crippen LogP contribution in [0, 0.1) is 0 Å². The second kappa shape index (κ2) is 8.64. The highest BCUT2D eigenvalue weighted by Gasteiger charge is 2.23. The van der Waals surface area contributed by atoms with Crippen molar-refractivity contribution in [3.8, 4) is 0 Å². The van der Waals surface area contributed by atoms with Crippen LogP contribution in [0.2, 0.25) is 0 Å². The number of nitrogens with zero attached hydrogens (tertiary/aromatic N) is 1. The highest BCUT2D eigenvalue weighted by molar-refractivity contribution is 5.94. The fourth-order valence-electron chi connectivity index (χ4n) is 1.97. The number of benzene rings is 1. The zero-order valence-electron chi connectivity index (χ0n) is 12.9. The lowest BCUT2D eigenvalue weighted by Gasteiger charge is -2.29. The molecule has 1 unspecified atom stereocenters. The third kappa shape index (κ3) is 7.68. The second-order valence-electron chi connectivity index (χ2n) is 5.79. The minimum absolute atomic E-state index is 0. The maximum absolute atomic E-state index is 12.1. The first-order chi connectivity index (χ1) is 9.31. The molecule has 5 nitrogen and oxygen atoms in total. The van der Waals surface area contributed by atoms with Gasteiger partial charge in [-0.15, -0.1) is 0 Å². The number of methoxy groups -OCH3 is 1. The molecule has 0 aromatic heterocycles. The molecule has 1 aromatic carbocycles. The molecule has 0 bridgehead atoms. The van der Waals surface area contributed by atoms with Crippen molar-refractivity contribution in [1.82, 2.24) is 5.32 Å². The monoisotopic (exact) mass is 314 g/mol. The highest BCUT2D eigenvalue weighted by atomic mass is 35.5. The van der Waals surface area contributed by atoms with Crippen molar-refractivity contribution in [3.63, 3.8) is 0 Å². The van der Waals surface area contributed by atoms with Crippen LogP contribution in [-0.4, -0.2) is 57.2 Å². The topological polar surface area (TPSA) is 55.4 Å². The zero-order chi connectivity index (χ0) is 15.2. The van der Waals surface area contributed by atoms with E-state index in [9.17, 15) is 9.59 Å². The van der Waals surface area contributed by atoms with Crippen molar-refractivity contribution in [1.29, 1.82) is 0 Å². The molecule has 1 aromatic rings. The third-order valence-electron chi connectivity index (χ3n) is 2.78.